The average Bonchev–Trinajstić information content (AvgIpc) is 3.65. The Hall–Kier alpha value is -6.11. The summed E-state index contributed by atoms with van der Waals surface area (Å²) in [5, 5.41) is 1.28. The number of rotatable bonds is 5. The molecule has 0 spiro atoms. The Morgan fingerprint density at radius 2 is 1.21 bits per heavy atom. The molecule has 6 heteroatoms. The van der Waals surface area contributed by atoms with Crippen molar-refractivity contribution in [3.63, 3.8) is 0 Å². The summed E-state index contributed by atoms with van der Waals surface area (Å²) in [5.74, 6) is 1.83. The molecule has 0 fully saturated rings. The van der Waals surface area contributed by atoms with Gasteiger partial charge in [-0.1, -0.05) is 139 Å². The van der Waals surface area contributed by atoms with Crippen molar-refractivity contribution in [3.8, 4) is 0 Å². The van der Waals surface area contributed by atoms with E-state index < -0.39 is 0 Å². The van der Waals surface area contributed by atoms with Gasteiger partial charge in [0.15, 0.2) is 0 Å². The van der Waals surface area contributed by atoms with Gasteiger partial charge in [-0.2, -0.15) is 0 Å². The zero-order valence-electron chi connectivity index (χ0n) is 36.2. The van der Waals surface area contributed by atoms with Crippen LogP contribution in [0, 0.1) is 0 Å². The number of benzene rings is 6. The fourth-order valence-electron chi connectivity index (χ4n) is 10.3. The summed E-state index contributed by atoms with van der Waals surface area (Å²) in [5.41, 5.74) is 15.0. The summed E-state index contributed by atoms with van der Waals surface area (Å²) >= 11 is 1.94. The first-order valence-electron chi connectivity index (χ1n) is 21.8. The average molecular weight is 811 g/mol. The largest absolute Gasteiger partial charge is 0.310 e. The highest BCUT2D eigenvalue weighted by atomic mass is 32.1. The summed E-state index contributed by atoms with van der Waals surface area (Å²) in [6, 6.07) is 58.4. The molecule has 4 nitrogen and oxygen atoms in total. The number of hydrogen-bond acceptors (Lipinski definition) is 5. The molecule has 0 unspecified atom stereocenters. The predicted octanol–water partition coefficient (Wildman–Crippen LogP) is 13.5. The SMILES string of the molecule is CC(C)(C)c1ccc(N2c3ccccc3B3c4sc5ccccc5c4N(c4ccc5c(c4)C(C)(C)CCC5(C)C)c4cc(N(c5ccccc5)c5ccccc5)nc2c43)cc1. The number of fused-ring (bicyclic) bond motifs is 7. The van der Waals surface area contributed by atoms with Crippen molar-refractivity contribution in [2.24, 2.45) is 0 Å². The summed E-state index contributed by atoms with van der Waals surface area (Å²) in [6.45, 7) is 16.6. The number of anilines is 9. The molecular formula is C55H51BN4S. The lowest BCUT2D eigenvalue weighted by molar-refractivity contribution is 0.332. The molecule has 2 aliphatic heterocycles. The Bertz CT molecular complexity index is 2940. The number of hydrogen-bond donors (Lipinski definition) is 0. The summed E-state index contributed by atoms with van der Waals surface area (Å²) < 4.78 is 2.66. The molecule has 8 aromatic rings. The molecule has 0 radical (unpaired) electrons. The molecule has 0 amide bonds. The van der Waals surface area contributed by atoms with Gasteiger partial charge < -0.3 is 4.90 Å². The first-order valence-corrected chi connectivity index (χ1v) is 22.6. The van der Waals surface area contributed by atoms with Crippen LogP contribution in [0.3, 0.4) is 0 Å². The summed E-state index contributed by atoms with van der Waals surface area (Å²) in [6.07, 6.45) is 2.34. The van der Waals surface area contributed by atoms with Crippen molar-refractivity contribution in [2.75, 3.05) is 14.7 Å². The zero-order chi connectivity index (χ0) is 41.8. The highest BCUT2D eigenvalue weighted by molar-refractivity contribution is 7.33. The van der Waals surface area contributed by atoms with Crippen LogP contribution in [0.2, 0.25) is 0 Å². The quantitative estimate of drug-likeness (QED) is 0.162. The minimum atomic E-state index is -0.00796. The lowest BCUT2D eigenvalue weighted by atomic mass is 9.36. The Kier molecular flexibility index (Phi) is 8.51. The Labute approximate surface area is 365 Å². The van der Waals surface area contributed by atoms with Gasteiger partial charge in [0, 0.05) is 55.1 Å². The minimum absolute atomic E-state index is 0.00796. The Morgan fingerprint density at radius 1 is 0.607 bits per heavy atom. The van der Waals surface area contributed by atoms with Gasteiger partial charge in [0.2, 0.25) is 0 Å². The van der Waals surface area contributed by atoms with Gasteiger partial charge >= 0.3 is 0 Å². The molecule has 61 heavy (non-hydrogen) atoms. The lowest BCUT2D eigenvalue weighted by Gasteiger charge is -2.44. The molecule has 0 atom stereocenters. The van der Waals surface area contributed by atoms with Crippen molar-refractivity contribution in [2.45, 2.75) is 77.6 Å². The molecule has 300 valence electrons. The topological polar surface area (TPSA) is 22.6 Å². The van der Waals surface area contributed by atoms with Gasteiger partial charge in [0.25, 0.3) is 6.71 Å². The van der Waals surface area contributed by atoms with Crippen LogP contribution in [0.1, 0.15) is 78.0 Å². The van der Waals surface area contributed by atoms with E-state index in [1.165, 1.54) is 66.0 Å². The van der Waals surface area contributed by atoms with Crippen molar-refractivity contribution in [1.82, 2.24) is 4.98 Å². The minimum Gasteiger partial charge on any atom is -0.310 e. The predicted molar refractivity (Wildman–Crippen MR) is 262 cm³/mol. The molecule has 3 aliphatic rings. The number of para-hydroxylation sites is 3. The molecule has 0 saturated carbocycles. The van der Waals surface area contributed by atoms with Crippen molar-refractivity contribution in [3.05, 3.63) is 174 Å². The van der Waals surface area contributed by atoms with E-state index >= 15 is 0 Å². The second-order valence-electron chi connectivity index (χ2n) is 19.5. The van der Waals surface area contributed by atoms with Crippen LogP contribution in [0.5, 0.6) is 0 Å². The molecular weight excluding hydrogens is 760 g/mol. The molecule has 1 aliphatic carbocycles. The van der Waals surface area contributed by atoms with Gasteiger partial charge in [0.05, 0.1) is 5.69 Å². The third kappa shape index (κ3) is 5.97. The first kappa shape index (κ1) is 37.9. The highest BCUT2D eigenvalue weighted by Crippen LogP contribution is 2.52. The van der Waals surface area contributed by atoms with Crippen LogP contribution < -0.4 is 30.4 Å². The monoisotopic (exact) mass is 810 g/mol. The molecule has 4 heterocycles. The van der Waals surface area contributed by atoms with Crippen LogP contribution in [0.25, 0.3) is 10.1 Å². The van der Waals surface area contributed by atoms with Crippen LogP contribution in [0.4, 0.5) is 51.4 Å². The third-order valence-corrected chi connectivity index (χ3v) is 14.9. The third-order valence-electron chi connectivity index (χ3n) is 13.7. The van der Waals surface area contributed by atoms with Gasteiger partial charge in [-0.3, -0.25) is 9.80 Å². The summed E-state index contributed by atoms with van der Waals surface area (Å²) in [4.78, 5) is 13.2. The lowest BCUT2D eigenvalue weighted by Crippen LogP contribution is -2.60. The van der Waals surface area contributed by atoms with Crippen molar-refractivity contribution < 1.29 is 0 Å². The fourth-order valence-corrected chi connectivity index (χ4v) is 11.6. The normalized spacial score (nSPS) is 15.8. The number of aromatic nitrogens is 1. The molecule has 0 bridgehead atoms. The molecule has 6 aromatic carbocycles. The maximum Gasteiger partial charge on any atom is 0.266 e. The Balaban J connectivity index is 1.26. The molecule has 0 N–H and O–H groups in total. The van der Waals surface area contributed by atoms with Crippen LogP contribution in [-0.4, -0.2) is 11.7 Å². The van der Waals surface area contributed by atoms with Gasteiger partial charge in [-0.25, -0.2) is 4.98 Å². The van der Waals surface area contributed by atoms with E-state index in [0.717, 1.165) is 40.8 Å². The van der Waals surface area contributed by atoms with Crippen LogP contribution in [-0.2, 0) is 16.2 Å². The van der Waals surface area contributed by atoms with Crippen LogP contribution >= 0.6 is 11.3 Å². The molecule has 0 saturated heterocycles. The van der Waals surface area contributed by atoms with E-state index in [2.05, 4.69) is 221 Å². The second kappa shape index (κ2) is 13.7. The molecule has 2 aromatic heterocycles. The zero-order valence-corrected chi connectivity index (χ0v) is 37.0. The van der Waals surface area contributed by atoms with E-state index in [1.54, 1.807) is 0 Å². The number of thiophene rings is 1. The van der Waals surface area contributed by atoms with Gasteiger partial charge in [-0.05, 0) is 117 Å². The maximum atomic E-state index is 5.88. The van der Waals surface area contributed by atoms with Gasteiger partial charge in [0.1, 0.15) is 11.6 Å². The summed E-state index contributed by atoms with van der Waals surface area (Å²) in [7, 11) is 0. The second-order valence-corrected chi connectivity index (χ2v) is 20.6. The van der Waals surface area contributed by atoms with E-state index in [0.29, 0.717) is 0 Å². The number of pyridine rings is 1. The van der Waals surface area contributed by atoms with Gasteiger partial charge in [-0.15, -0.1) is 11.3 Å². The van der Waals surface area contributed by atoms with E-state index in [9.17, 15) is 0 Å². The van der Waals surface area contributed by atoms with E-state index in [-0.39, 0.29) is 23.0 Å². The van der Waals surface area contributed by atoms with E-state index in [4.69, 9.17) is 4.98 Å². The molecule has 11 rings (SSSR count). The van der Waals surface area contributed by atoms with Crippen LogP contribution in [0.15, 0.2) is 158 Å². The first-order chi connectivity index (χ1) is 29.4. The number of nitrogens with zero attached hydrogens (tertiary/aromatic N) is 4. The Morgan fingerprint density at radius 3 is 1.90 bits per heavy atom. The maximum absolute atomic E-state index is 5.88. The fraction of sp³-hybridized carbons (Fsp3) is 0.218. The highest BCUT2D eigenvalue weighted by Gasteiger charge is 2.47. The smallest absolute Gasteiger partial charge is 0.266 e. The van der Waals surface area contributed by atoms with Crippen molar-refractivity contribution >= 4 is 95.3 Å². The van der Waals surface area contributed by atoms with E-state index in [1.807, 2.05) is 11.3 Å². The van der Waals surface area contributed by atoms with Crippen molar-refractivity contribution in [1.29, 1.82) is 0 Å². The standard InChI is InChI=1S/C55H51BN4S/c1-53(2,3)36-26-28-39(29-27-36)60-45-24-16-15-23-44(45)56-49-46(35-48(57-52(49)60)58(37-18-10-8-11-19-37)38-20-12-9-13-21-38)59(50-41-22-14-17-25-47(41)61-51(50)56)40-30-31-42-43(34-40)55(6,7)33-32-54(42,4)5/h8-31,34-35H,32-33H2,1-7H3.